The highest BCUT2D eigenvalue weighted by atomic mass is 35.5. The second-order valence-corrected chi connectivity index (χ2v) is 5.35. The van der Waals surface area contributed by atoms with Gasteiger partial charge >= 0.3 is 0 Å². The van der Waals surface area contributed by atoms with E-state index in [1.807, 2.05) is 18.2 Å². The Kier molecular flexibility index (Phi) is 4.20. The second-order valence-electron chi connectivity index (χ2n) is 4.59. The Morgan fingerprint density at radius 2 is 1.83 bits per heavy atom. The molecule has 2 aromatic heterocycles. The van der Waals surface area contributed by atoms with Crippen molar-refractivity contribution >= 4 is 23.2 Å². The smallest absolute Gasteiger partial charge is 0.147 e. The average molecular weight is 281 g/mol. The molecule has 0 N–H and O–H groups in total. The lowest BCUT2D eigenvalue weighted by Crippen LogP contribution is -2.01. The minimum Gasteiger partial charge on any atom is -0.265 e. The van der Waals surface area contributed by atoms with E-state index < -0.39 is 0 Å². The molecule has 0 unspecified atom stereocenters. The van der Waals surface area contributed by atoms with Crippen molar-refractivity contribution in [1.29, 1.82) is 0 Å². The molecule has 2 heterocycles. The van der Waals surface area contributed by atoms with E-state index in [2.05, 4.69) is 23.8 Å². The number of halogens is 2. The highest BCUT2D eigenvalue weighted by Gasteiger charge is 2.12. The van der Waals surface area contributed by atoms with Crippen molar-refractivity contribution in [3.8, 4) is 11.1 Å². The molecule has 0 atom stereocenters. The fourth-order valence-electron chi connectivity index (χ4n) is 1.83. The molecule has 0 radical (unpaired) electrons. The zero-order valence-electron chi connectivity index (χ0n) is 10.3. The quantitative estimate of drug-likeness (QED) is 0.765. The average Bonchev–Trinajstić information content (AvgIpc) is 2.34. The Hall–Kier alpha value is -1.12. The zero-order valence-corrected chi connectivity index (χ0v) is 11.8. The molecule has 0 aromatic carbocycles. The molecule has 0 aliphatic rings. The Morgan fingerprint density at radius 1 is 1.17 bits per heavy atom. The highest BCUT2D eigenvalue weighted by molar-refractivity contribution is 6.41. The number of rotatable bonds is 3. The van der Waals surface area contributed by atoms with Crippen LogP contribution in [0.25, 0.3) is 11.1 Å². The predicted molar refractivity (Wildman–Crippen MR) is 76.0 cm³/mol. The summed E-state index contributed by atoms with van der Waals surface area (Å²) >= 11 is 12.1. The van der Waals surface area contributed by atoms with E-state index >= 15 is 0 Å². The van der Waals surface area contributed by atoms with Crippen molar-refractivity contribution in [3.63, 3.8) is 0 Å². The molecule has 94 valence electrons. The van der Waals surface area contributed by atoms with E-state index in [-0.39, 0.29) is 0 Å². The van der Waals surface area contributed by atoms with Crippen LogP contribution in [-0.2, 0) is 6.42 Å². The molecule has 2 nitrogen and oxygen atoms in total. The van der Waals surface area contributed by atoms with E-state index in [1.54, 1.807) is 12.4 Å². The van der Waals surface area contributed by atoms with Gasteiger partial charge in [0.2, 0.25) is 0 Å². The molecule has 0 fully saturated rings. The van der Waals surface area contributed by atoms with Gasteiger partial charge in [-0.2, -0.15) is 0 Å². The fraction of sp³-hybridized carbons (Fsp3) is 0.286. The predicted octanol–water partition coefficient (Wildman–Crippen LogP) is 4.65. The lowest BCUT2D eigenvalue weighted by molar-refractivity contribution is 0.636. The maximum absolute atomic E-state index is 6.06. The van der Waals surface area contributed by atoms with Gasteiger partial charge in [-0.3, -0.25) is 4.98 Å². The molecule has 2 aromatic rings. The Morgan fingerprint density at radius 3 is 2.44 bits per heavy atom. The van der Waals surface area contributed by atoms with Crippen LogP contribution in [0, 0.1) is 5.92 Å². The van der Waals surface area contributed by atoms with Gasteiger partial charge in [0.15, 0.2) is 0 Å². The van der Waals surface area contributed by atoms with Crippen molar-refractivity contribution in [2.75, 3.05) is 0 Å². The van der Waals surface area contributed by atoms with Gasteiger partial charge in [0.05, 0.1) is 10.7 Å². The van der Waals surface area contributed by atoms with Crippen LogP contribution in [0.4, 0.5) is 0 Å². The Bertz CT molecular complexity index is 539. The van der Waals surface area contributed by atoms with Gasteiger partial charge in [0.1, 0.15) is 5.15 Å². The SMILES string of the molecule is CC(C)Cc1nc(Cl)c(Cl)cc1-c1ccncc1. The summed E-state index contributed by atoms with van der Waals surface area (Å²) < 4.78 is 0. The first kappa shape index (κ1) is 13.3. The topological polar surface area (TPSA) is 25.8 Å². The maximum Gasteiger partial charge on any atom is 0.147 e. The summed E-state index contributed by atoms with van der Waals surface area (Å²) in [5.74, 6) is 0.510. The lowest BCUT2D eigenvalue weighted by atomic mass is 9.99. The Balaban J connectivity index is 2.54. The number of hydrogen-bond donors (Lipinski definition) is 0. The largest absolute Gasteiger partial charge is 0.265 e. The van der Waals surface area contributed by atoms with Crippen LogP contribution in [0.1, 0.15) is 19.5 Å². The van der Waals surface area contributed by atoms with Crippen LogP contribution in [0.15, 0.2) is 30.6 Å². The van der Waals surface area contributed by atoms with Gasteiger partial charge in [0, 0.05) is 18.0 Å². The molecule has 0 spiro atoms. The van der Waals surface area contributed by atoms with E-state index in [0.29, 0.717) is 16.1 Å². The summed E-state index contributed by atoms with van der Waals surface area (Å²) in [6.45, 7) is 4.31. The molecule has 0 aliphatic carbocycles. The highest BCUT2D eigenvalue weighted by Crippen LogP contribution is 2.30. The van der Waals surface area contributed by atoms with Crippen LogP contribution in [0.2, 0.25) is 10.2 Å². The number of nitrogens with zero attached hydrogens (tertiary/aromatic N) is 2. The van der Waals surface area contributed by atoms with Crippen LogP contribution in [0.3, 0.4) is 0 Å². The Labute approximate surface area is 117 Å². The van der Waals surface area contributed by atoms with E-state index in [9.17, 15) is 0 Å². The summed E-state index contributed by atoms with van der Waals surface area (Å²) in [5.41, 5.74) is 3.07. The number of pyridine rings is 2. The monoisotopic (exact) mass is 280 g/mol. The molecule has 0 amide bonds. The van der Waals surface area contributed by atoms with Gasteiger partial charge in [-0.1, -0.05) is 37.0 Å². The van der Waals surface area contributed by atoms with E-state index in [0.717, 1.165) is 23.2 Å². The van der Waals surface area contributed by atoms with Crippen molar-refractivity contribution in [1.82, 2.24) is 9.97 Å². The fourth-order valence-corrected chi connectivity index (χ4v) is 2.13. The molecule has 0 saturated heterocycles. The maximum atomic E-state index is 6.06. The van der Waals surface area contributed by atoms with Crippen LogP contribution < -0.4 is 0 Å². The molecule has 18 heavy (non-hydrogen) atoms. The molecule has 0 saturated carbocycles. The molecule has 4 heteroatoms. The minimum atomic E-state index is 0.366. The van der Waals surface area contributed by atoms with Gasteiger partial charge in [-0.15, -0.1) is 0 Å². The lowest BCUT2D eigenvalue weighted by Gasteiger charge is -2.12. The molecule has 0 aliphatic heterocycles. The summed E-state index contributed by atoms with van der Waals surface area (Å²) in [4.78, 5) is 8.42. The van der Waals surface area contributed by atoms with Crippen LogP contribution >= 0.6 is 23.2 Å². The van der Waals surface area contributed by atoms with E-state index in [1.165, 1.54) is 0 Å². The van der Waals surface area contributed by atoms with Crippen molar-refractivity contribution in [2.45, 2.75) is 20.3 Å². The number of hydrogen-bond acceptors (Lipinski definition) is 2. The van der Waals surface area contributed by atoms with Crippen molar-refractivity contribution in [3.05, 3.63) is 46.5 Å². The first-order chi connectivity index (χ1) is 8.58. The summed E-state index contributed by atoms with van der Waals surface area (Å²) in [5, 5.41) is 0.848. The summed E-state index contributed by atoms with van der Waals surface area (Å²) in [7, 11) is 0. The van der Waals surface area contributed by atoms with Gasteiger partial charge in [-0.05, 0) is 36.1 Å². The summed E-state index contributed by atoms with van der Waals surface area (Å²) in [6, 6.07) is 5.78. The molecular formula is C14H14Cl2N2. The first-order valence-electron chi connectivity index (χ1n) is 5.83. The first-order valence-corrected chi connectivity index (χ1v) is 6.59. The molecular weight excluding hydrogens is 267 g/mol. The van der Waals surface area contributed by atoms with E-state index in [4.69, 9.17) is 23.2 Å². The molecule has 2 rings (SSSR count). The van der Waals surface area contributed by atoms with Gasteiger partial charge in [0.25, 0.3) is 0 Å². The minimum absolute atomic E-state index is 0.366. The zero-order chi connectivity index (χ0) is 13.1. The summed E-state index contributed by atoms with van der Waals surface area (Å²) in [6.07, 6.45) is 4.39. The third-order valence-corrected chi connectivity index (χ3v) is 3.28. The van der Waals surface area contributed by atoms with Gasteiger partial charge < -0.3 is 0 Å². The van der Waals surface area contributed by atoms with Crippen molar-refractivity contribution in [2.24, 2.45) is 5.92 Å². The second kappa shape index (κ2) is 5.68. The standard InChI is InChI=1S/C14H14Cl2N2/c1-9(2)7-13-11(8-12(15)14(16)18-13)10-3-5-17-6-4-10/h3-6,8-9H,7H2,1-2H3. The molecule has 0 bridgehead atoms. The third kappa shape index (κ3) is 3.01. The van der Waals surface area contributed by atoms with Crippen molar-refractivity contribution < 1.29 is 0 Å². The number of aromatic nitrogens is 2. The van der Waals surface area contributed by atoms with Gasteiger partial charge in [-0.25, -0.2) is 4.98 Å². The van der Waals surface area contributed by atoms with Crippen LogP contribution in [-0.4, -0.2) is 9.97 Å². The third-order valence-electron chi connectivity index (χ3n) is 2.61. The van der Waals surface area contributed by atoms with Crippen LogP contribution in [0.5, 0.6) is 0 Å². The normalized spacial score (nSPS) is 10.9.